The van der Waals surface area contributed by atoms with Crippen molar-refractivity contribution in [2.45, 2.75) is 6.92 Å². The minimum atomic E-state index is 0.822. The standard InChI is InChI=1S/C17H16BrN7S/c1-11-21-22-16-15(19-4-5-25(11)16)23-6-8-24(9-7-23)17-20-13-3-2-12(18)10-14(13)26-17/h2-5,10H,6-9H2,1H3. The summed E-state index contributed by atoms with van der Waals surface area (Å²) in [4.78, 5) is 14.0. The van der Waals surface area contributed by atoms with Crippen molar-refractivity contribution >= 4 is 54.1 Å². The molecule has 3 aromatic heterocycles. The first-order chi connectivity index (χ1) is 12.7. The Bertz CT molecular complexity index is 1100. The molecule has 0 bridgehead atoms. The molecule has 1 fully saturated rings. The van der Waals surface area contributed by atoms with Crippen LogP contribution in [0, 0.1) is 6.92 Å². The highest BCUT2D eigenvalue weighted by Crippen LogP contribution is 2.31. The first-order valence-corrected chi connectivity index (χ1v) is 10.0. The summed E-state index contributed by atoms with van der Waals surface area (Å²) in [6.45, 7) is 5.55. The highest BCUT2D eigenvalue weighted by Gasteiger charge is 2.23. The SMILES string of the molecule is Cc1nnc2c(N3CCN(c4nc5ccc(Br)cc5s4)CC3)nccn12. The fourth-order valence-electron chi connectivity index (χ4n) is 3.28. The van der Waals surface area contributed by atoms with E-state index in [9.17, 15) is 0 Å². The third-order valence-corrected chi connectivity index (χ3v) is 6.24. The van der Waals surface area contributed by atoms with Gasteiger partial charge in [0.25, 0.3) is 0 Å². The normalized spacial score (nSPS) is 15.3. The summed E-state index contributed by atoms with van der Waals surface area (Å²) >= 11 is 5.28. The van der Waals surface area contributed by atoms with E-state index in [0.29, 0.717) is 0 Å². The average Bonchev–Trinajstić information content (AvgIpc) is 3.25. The Balaban J connectivity index is 1.38. The van der Waals surface area contributed by atoms with Crippen LogP contribution < -0.4 is 9.80 Å². The molecule has 0 radical (unpaired) electrons. The third kappa shape index (κ3) is 2.62. The molecule has 0 N–H and O–H groups in total. The summed E-state index contributed by atoms with van der Waals surface area (Å²) in [5, 5.41) is 9.54. The molecule has 0 saturated carbocycles. The van der Waals surface area contributed by atoms with E-state index in [0.717, 1.165) is 58.6 Å². The molecule has 132 valence electrons. The number of thiazole rings is 1. The van der Waals surface area contributed by atoms with Crippen molar-refractivity contribution in [2.24, 2.45) is 0 Å². The van der Waals surface area contributed by atoms with Gasteiger partial charge in [0.15, 0.2) is 10.9 Å². The number of aromatic nitrogens is 5. The summed E-state index contributed by atoms with van der Waals surface area (Å²) in [5.41, 5.74) is 1.88. The maximum absolute atomic E-state index is 4.79. The summed E-state index contributed by atoms with van der Waals surface area (Å²) in [5.74, 6) is 1.78. The Labute approximate surface area is 162 Å². The van der Waals surface area contributed by atoms with Crippen LogP contribution in [0.4, 0.5) is 10.9 Å². The van der Waals surface area contributed by atoms with Gasteiger partial charge in [-0.2, -0.15) is 0 Å². The van der Waals surface area contributed by atoms with Gasteiger partial charge in [0.05, 0.1) is 10.2 Å². The van der Waals surface area contributed by atoms with E-state index in [1.807, 2.05) is 29.8 Å². The molecule has 1 saturated heterocycles. The molecular weight excluding hydrogens is 414 g/mol. The molecule has 0 atom stereocenters. The molecule has 1 aromatic carbocycles. The van der Waals surface area contributed by atoms with Crippen LogP contribution in [-0.4, -0.2) is 50.7 Å². The van der Waals surface area contributed by atoms with Gasteiger partial charge in [-0.05, 0) is 25.1 Å². The van der Waals surface area contributed by atoms with Crippen LogP contribution in [0.3, 0.4) is 0 Å². The van der Waals surface area contributed by atoms with Crippen LogP contribution in [0.15, 0.2) is 35.1 Å². The average molecular weight is 430 g/mol. The first-order valence-electron chi connectivity index (χ1n) is 8.41. The smallest absolute Gasteiger partial charge is 0.203 e. The van der Waals surface area contributed by atoms with Gasteiger partial charge >= 0.3 is 0 Å². The fourth-order valence-corrected chi connectivity index (χ4v) is 4.85. The molecule has 0 amide bonds. The van der Waals surface area contributed by atoms with E-state index in [-0.39, 0.29) is 0 Å². The zero-order chi connectivity index (χ0) is 17.7. The molecule has 5 rings (SSSR count). The second-order valence-electron chi connectivity index (χ2n) is 6.27. The van der Waals surface area contributed by atoms with Crippen molar-refractivity contribution in [3.8, 4) is 0 Å². The van der Waals surface area contributed by atoms with Crippen LogP contribution in [0.5, 0.6) is 0 Å². The molecule has 9 heteroatoms. The highest BCUT2D eigenvalue weighted by atomic mass is 79.9. The molecule has 0 unspecified atom stereocenters. The summed E-state index contributed by atoms with van der Waals surface area (Å²) < 4.78 is 4.29. The number of nitrogens with zero attached hydrogens (tertiary/aromatic N) is 7. The summed E-state index contributed by atoms with van der Waals surface area (Å²) in [6.07, 6.45) is 3.72. The van der Waals surface area contributed by atoms with Gasteiger partial charge in [0.1, 0.15) is 5.82 Å². The largest absolute Gasteiger partial charge is 0.350 e. The van der Waals surface area contributed by atoms with Gasteiger partial charge < -0.3 is 9.80 Å². The number of piperazine rings is 1. The summed E-state index contributed by atoms with van der Waals surface area (Å²) in [6, 6.07) is 6.23. The van der Waals surface area contributed by atoms with Crippen molar-refractivity contribution in [2.75, 3.05) is 36.0 Å². The number of aryl methyl sites for hydroxylation is 1. The Kier molecular flexibility index (Phi) is 3.79. The lowest BCUT2D eigenvalue weighted by Gasteiger charge is -2.35. The van der Waals surface area contributed by atoms with Crippen LogP contribution in [0.25, 0.3) is 15.9 Å². The van der Waals surface area contributed by atoms with E-state index in [4.69, 9.17) is 4.98 Å². The molecule has 4 heterocycles. The van der Waals surface area contributed by atoms with Crippen molar-refractivity contribution in [1.29, 1.82) is 0 Å². The van der Waals surface area contributed by atoms with Crippen molar-refractivity contribution in [3.05, 3.63) is 40.9 Å². The highest BCUT2D eigenvalue weighted by molar-refractivity contribution is 9.10. The molecule has 0 spiro atoms. The fraction of sp³-hybridized carbons (Fsp3) is 0.294. The maximum Gasteiger partial charge on any atom is 0.203 e. The quantitative estimate of drug-likeness (QED) is 0.487. The van der Waals surface area contributed by atoms with Gasteiger partial charge in [-0.15, -0.1) is 10.2 Å². The van der Waals surface area contributed by atoms with Gasteiger partial charge in [0, 0.05) is 43.0 Å². The van der Waals surface area contributed by atoms with Crippen molar-refractivity contribution in [3.63, 3.8) is 0 Å². The van der Waals surface area contributed by atoms with Gasteiger partial charge in [0.2, 0.25) is 5.65 Å². The third-order valence-electron chi connectivity index (χ3n) is 4.67. The molecule has 1 aliphatic rings. The number of rotatable bonds is 2. The Hall–Kier alpha value is -2.26. The van der Waals surface area contributed by atoms with Gasteiger partial charge in [-0.25, -0.2) is 9.97 Å². The van der Waals surface area contributed by atoms with E-state index in [2.05, 4.69) is 53.0 Å². The Morgan fingerprint density at radius 2 is 1.88 bits per heavy atom. The van der Waals surface area contributed by atoms with Crippen molar-refractivity contribution < 1.29 is 0 Å². The van der Waals surface area contributed by atoms with Crippen molar-refractivity contribution in [1.82, 2.24) is 24.6 Å². The molecular formula is C17H16BrN7S. The van der Waals surface area contributed by atoms with Crippen LogP contribution in [-0.2, 0) is 0 Å². The number of halogens is 1. The second-order valence-corrected chi connectivity index (χ2v) is 8.20. The zero-order valence-corrected chi connectivity index (χ0v) is 16.5. The van der Waals surface area contributed by atoms with E-state index < -0.39 is 0 Å². The lowest BCUT2D eigenvalue weighted by Crippen LogP contribution is -2.47. The number of benzene rings is 1. The van der Waals surface area contributed by atoms with Gasteiger partial charge in [-0.3, -0.25) is 4.40 Å². The Morgan fingerprint density at radius 3 is 2.73 bits per heavy atom. The lowest BCUT2D eigenvalue weighted by atomic mass is 10.3. The zero-order valence-electron chi connectivity index (χ0n) is 14.1. The second kappa shape index (κ2) is 6.17. The number of hydrogen-bond donors (Lipinski definition) is 0. The van der Waals surface area contributed by atoms with E-state index >= 15 is 0 Å². The summed E-state index contributed by atoms with van der Waals surface area (Å²) in [7, 11) is 0. The minimum absolute atomic E-state index is 0.822. The Morgan fingerprint density at radius 1 is 1.08 bits per heavy atom. The van der Waals surface area contributed by atoms with Crippen LogP contribution in [0.1, 0.15) is 5.82 Å². The molecule has 1 aliphatic heterocycles. The molecule has 4 aromatic rings. The van der Waals surface area contributed by atoms with Crippen LogP contribution >= 0.6 is 27.3 Å². The van der Waals surface area contributed by atoms with E-state index in [1.54, 1.807) is 11.3 Å². The first kappa shape index (κ1) is 16.0. The number of anilines is 2. The van der Waals surface area contributed by atoms with E-state index in [1.165, 1.54) is 4.70 Å². The predicted octanol–water partition coefficient (Wildman–Crippen LogP) is 3.13. The predicted molar refractivity (Wildman–Crippen MR) is 107 cm³/mol. The monoisotopic (exact) mass is 429 g/mol. The number of fused-ring (bicyclic) bond motifs is 2. The minimum Gasteiger partial charge on any atom is -0.350 e. The molecule has 26 heavy (non-hydrogen) atoms. The lowest BCUT2D eigenvalue weighted by molar-refractivity contribution is 0.646. The molecule has 0 aliphatic carbocycles. The van der Waals surface area contributed by atoms with Crippen LogP contribution in [0.2, 0.25) is 0 Å². The van der Waals surface area contributed by atoms with Gasteiger partial charge in [-0.1, -0.05) is 27.3 Å². The topological polar surface area (TPSA) is 62.5 Å². The molecule has 7 nitrogen and oxygen atoms in total. The maximum atomic E-state index is 4.79. The number of hydrogen-bond acceptors (Lipinski definition) is 7.